The maximum Gasteiger partial charge on any atom is 0.128 e. The van der Waals surface area contributed by atoms with Gasteiger partial charge in [0.05, 0.1) is 6.04 Å². The van der Waals surface area contributed by atoms with Gasteiger partial charge in [-0.1, -0.05) is 36.4 Å². The molecule has 2 nitrogen and oxygen atoms in total. The number of aromatic nitrogens is 1. The maximum atomic E-state index is 14.2. The lowest BCUT2D eigenvalue weighted by Crippen LogP contribution is -2.22. The molecule has 0 spiro atoms. The molecule has 0 amide bonds. The Bertz CT molecular complexity index is 791. The Kier molecular flexibility index (Phi) is 2.86. The zero-order valence-corrected chi connectivity index (χ0v) is 11.5. The fourth-order valence-corrected chi connectivity index (χ4v) is 3.04. The van der Waals surface area contributed by atoms with E-state index in [0.717, 1.165) is 17.9 Å². The van der Waals surface area contributed by atoms with E-state index < -0.39 is 0 Å². The molecule has 1 aromatic heterocycles. The second-order valence-corrected chi connectivity index (χ2v) is 5.27. The lowest BCUT2D eigenvalue weighted by molar-refractivity contribution is 0.545. The minimum Gasteiger partial charge on any atom is -0.319 e. The summed E-state index contributed by atoms with van der Waals surface area (Å²) in [5, 5.41) is 3.48. The van der Waals surface area contributed by atoms with Crippen molar-refractivity contribution in [2.75, 3.05) is 0 Å². The first-order chi connectivity index (χ1) is 10.3. The van der Waals surface area contributed by atoms with Crippen molar-refractivity contribution in [2.24, 2.45) is 0 Å². The smallest absolute Gasteiger partial charge is 0.128 e. The Morgan fingerprint density at radius 1 is 0.952 bits per heavy atom. The van der Waals surface area contributed by atoms with Gasteiger partial charge in [0.25, 0.3) is 0 Å². The van der Waals surface area contributed by atoms with Crippen LogP contribution in [-0.2, 0) is 6.54 Å². The van der Waals surface area contributed by atoms with Crippen molar-refractivity contribution < 1.29 is 4.39 Å². The van der Waals surface area contributed by atoms with Gasteiger partial charge in [-0.2, -0.15) is 0 Å². The van der Waals surface area contributed by atoms with E-state index in [-0.39, 0.29) is 11.9 Å². The molecule has 3 aromatic rings. The second-order valence-electron chi connectivity index (χ2n) is 5.27. The fraction of sp³-hybridized carbons (Fsp3) is 0.111. The topological polar surface area (TPSA) is 17.0 Å². The molecule has 2 aromatic carbocycles. The molecule has 0 fully saturated rings. The number of nitrogens with zero attached hydrogens (tertiary/aromatic N) is 1. The molecule has 104 valence electrons. The highest BCUT2D eigenvalue weighted by Crippen LogP contribution is 2.31. The van der Waals surface area contributed by atoms with Gasteiger partial charge in [0, 0.05) is 29.7 Å². The van der Waals surface area contributed by atoms with Crippen LogP contribution in [0.25, 0.3) is 5.69 Å². The van der Waals surface area contributed by atoms with Gasteiger partial charge >= 0.3 is 0 Å². The molecule has 1 atom stereocenters. The molecule has 0 radical (unpaired) electrons. The van der Waals surface area contributed by atoms with Gasteiger partial charge in [-0.15, -0.1) is 0 Å². The van der Waals surface area contributed by atoms with Crippen molar-refractivity contribution in [3.05, 3.63) is 89.5 Å². The molecule has 1 unspecified atom stereocenters. The van der Waals surface area contributed by atoms with E-state index in [0.29, 0.717) is 5.56 Å². The summed E-state index contributed by atoms with van der Waals surface area (Å²) in [6.07, 6.45) is 2.04. The van der Waals surface area contributed by atoms with Crippen LogP contribution in [0.15, 0.2) is 66.9 Å². The van der Waals surface area contributed by atoms with Gasteiger partial charge in [-0.25, -0.2) is 4.39 Å². The second kappa shape index (κ2) is 4.86. The standard InChI is InChI=1S/C18H15FN2/c19-15-8-3-2-7-14(15)18-17-10-5-11-21(17)16-9-4-1-6-13(16)12-20-18/h1-11,18,20H,12H2. The van der Waals surface area contributed by atoms with Crippen molar-refractivity contribution in [1.29, 1.82) is 0 Å². The summed E-state index contributed by atoms with van der Waals surface area (Å²) in [5.74, 6) is -0.172. The summed E-state index contributed by atoms with van der Waals surface area (Å²) in [7, 11) is 0. The molecule has 0 saturated heterocycles. The molecule has 1 aliphatic heterocycles. The Labute approximate surface area is 122 Å². The van der Waals surface area contributed by atoms with Crippen LogP contribution in [-0.4, -0.2) is 4.57 Å². The van der Waals surface area contributed by atoms with E-state index in [2.05, 4.69) is 22.0 Å². The summed E-state index contributed by atoms with van der Waals surface area (Å²) >= 11 is 0. The number of benzene rings is 2. The summed E-state index contributed by atoms with van der Waals surface area (Å²) < 4.78 is 16.3. The largest absolute Gasteiger partial charge is 0.319 e. The predicted molar refractivity (Wildman–Crippen MR) is 80.9 cm³/mol. The van der Waals surface area contributed by atoms with Crippen LogP contribution in [0.1, 0.15) is 22.9 Å². The molecule has 1 aliphatic rings. The monoisotopic (exact) mass is 278 g/mol. The van der Waals surface area contributed by atoms with Crippen LogP contribution >= 0.6 is 0 Å². The van der Waals surface area contributed by atoms with Crippen molar-refractivity contribution in [3.8, 4) is 5.69 Å². The van der Waals surface area contributed by atoms with Crippen molar-refractivity contribution in [1.82, 2.24) is 9.88 Å². The number of rotatable bonds is 1. The predicted octanol–water partition coefficient (Wildman–Crippen LogP) is 3.81. The third-order valence-electron chi connectivity index (χ3n) is 4.04. The van der Waals surface area contributed by atoms with Gasteiger partial charge in [0.1, 0.15) is 5.82 Å². The van der Waals surface area contributed by atoms with Gasteiger partial charge < -0.3 is 9.88 Å². The molecule has 0 saturated carbocycles. The molecule has 3 heteroatoms. The van der Waals surface area contributed by atoms with Crippen molar-refractivity contribution in [3.63, 3.8) is 0 Å². The molecule has 0 aliphatic carbocycles. The molecule has 4 rings (SSSR count). The molecule has 1 N–H and O–H groups in total. The highest BCUT2D eigenvalue weighted by molar-refractivity contribution is 5.46. The summed E-state index contributed by atoms with van der Waals surface area (Å²) in [4.78, 5) is 0. The van der Waals surface area contributed by atoms with Crippen molar-refractivity contribution >= 4 is 0 Å². The zero-order valence-electron chi connectivity index (χ0n) is 11.5. The summed E-state index contributed by atoms with van der Waals surface area (Å²) in [5.41, 5.74) is 4.12. The Hall–Kier alpha value is -2.39. The Morgan fingerprint density at radius 3 is 2.67 bits per heavy atom. The third kappa shape index (κ3) is 1.98. The first-order valence-electron chi connectivity index (χ1n) is 7.08. The maximum absolute atomic E-state index is 14.2. The number of nitrogens with one attached hydrogen (secondary N) is 1. The lowest BCUT2D eigenvalue weighted by Gasteiger charge is -2.18. The van der Waals surface area contributed by atoms with Crippen LogP contribution in [0.5, 0.6) is 0 Å². The first kappa shape index (κ1) is 12.4. The van der Waals surface area contributed by atoms with Crippen LogP contribution in [0, 0.1) is 5.82 Å². The van der Waals surface area contributed by atoms with E-state index in [1.807, 2.05) is 42.6 Å². The van der Waals surface area contributed by atoms with Crippen molar-refractivity contribution in [2.45, 2.75) is 12.6 Å². The van der Waals surface area contributed by atoms with E-state index in [4.69, 9.17) is 0 Å². The van der Waals surface area contributed by atoms with Crippen LogP contribution in [0.4, 0.5) is 4.39 Å². The normalized spacial score (nSPS) is 16.9. The fourth-order valence-electron chi connectivity index (χ4n) is 3.04. The van der Waals surface area contributed by atoms with Gasteiger partial charge in [-0.05, 0) is 29.8 Å². The minimum absolute atomic E-state index is 0.145. The summed E-state index contributed by atoms with van der Waals surface area (Å²) in [6.45, 7) is 0.719. The number of para-hydroxylation sites is 1. The Balaban J connectivity index is 1.90. The third-order valence-corrected chi connectivity index (χ3v) is 4.04. The average molecular weight is 278 g/mol. The van der Waals surface area contributed by atoms with E-state index in [1.165, 1.54) is 11.6 Å². The van der Waals surface area contributed by atoms with Crippen LogP contribution < -0.4 is 5.32 Å². The highest BCUT2D eigenvalue weighted by atomic mass is 19.1. The lowest BCUT2D eigenvalue weighted by atomic mass is 10.0. The molecule has 21 heavy (non-hydrogen) atoms. The highest BCUT2D eigenvalue weighted by Gasteiger charge is 2.24. The SMILES string of the molecule is Fc1ccccc1C1NCc2ccccc2-n2cccc21. The van der Waals surface area contributed by atoms with E-state index in [1.54, 1.807) is 6.07 Å². The van der Waals surface area contributed by atoms with Gasteiger partial charge in [0.2, 0.25) is 0 Å². The summed E-state index contributed by atoms with van der Waals surface area (Å²) in [6, 6.07) is 19.2. The van der Waals surface area contributed by atoms with Gasteiger partial charge in [-0.3, -0.25) is 0 Å². The number of hydrogen-bond donors (Lipinski definition) is 1. The Morgan fingerprint density at radius 2 is 1.76 bits per heavy atom. The zero-order chi connectivity index (χ0) is 14.2. The number of halogens is 1. The van der Waals surface area contributed by atoms with Crippen LogP contribution in [0.3, 0.4) is 0 Å². The minimum atomic E-state index is -0.172. The first-order valence-corrected chi connectivity index (χ1v) is 7.08. The molecular weight excluding hydrogens is 263 g/mol. The average Bonchev–Trinajstić information content (AvgIpc) is 2.93. The van der Waals surface area contributed by atoms with Gasteiger partial charge in [0.15, 0.2) is 0 Å². The van der Waals surface area contributed by atoms with E-state index >= 15 is 0 Å². The van der Waals surface area contributed by atoms with E-state index in [9.17, 15) is 4.39 Å². The molecule has 2 heterocycles. The molecular formula is C18H15FN2. The quantitative estimate of drug-likeness (QED) is 0.716. The van der Waals surface area contributed by atoms with Crippen LogP contribution in [0.2, 0.25) is 0 Å². The number of hydrogen-bond acceptors (Lipinski definition) is 1. The molecule has 0 bridgehead atoms. The number of fused-ring (bicyclic) bond motifs is 3.